The summed E-state index contributed by atoms with van der Waals surface area (Å²) < 4.78 is 1.22. The molecule has 1 atom stereocenters. The fraction of sp³-hybridized carbons (Fsp3) is 0.714. The number of thiophene rings is 1. The van der Waals surface area contributed by atoms with Gasteiger partial charge in [-0.05, 0) is 55.9 Å². The quantitative estimate of drug-likeness (QED) is 0.910. The molecule has 1 unspecified atom stereocenters. The number of halogens is 1. The van der Waals surface area contributed by atoms with Gasteiger partial charge in [-0.2, -0.15) is 0 Å². The van der Waals surface area contributed by atoms with Gasteiger partial charge in [0.05, 0.1) is 6.04 Å². The summed E-state index contributed by atoms with van der Waals surface area (Å²) in [6.07, 6.45) is 2.49. The van der Waals surface area contributed by atoms with Crippen LogP contribution in [0.2, 0.25) is 0 Å². The molecule has 1 aliphatic rings. The lowest BCUT2D eigenvalue weighted by atomic mass is 10.0. The molecule has 0 spiro atoms. The van der Waals surface area contributed by atoms with Crippen molar-refractivity contribution in [2.24, 2.45) is 5.73 Å². The second-order valence-electron chi connectivity index (χ2n) is 5.54. The first-order valence-electron chi connectivity index (χ1n) is 6.89. The number of hydrogen-bond acceptors (Lipinski definition) is 4. The van der Waals surface area contributed by atoms with E-state index in [9.17, 15) is 0 Å². The molecule has 1 saturated heterocycles. The Morgan fingerprint density at radius 3 is 2.53 bits per heavy atom. The highest BCUT2D eigenvalue weighted by molar-refractivity contribution is 9.10. The van der Waals surface area contributed by atoms with Gasteiger partial charge in [-0.25, -0.2) is 0 Å². The summed E-state index contributed by atoms with van der Waals surface area (Å²) in [5.74, 6) is 0. The number of nitrogens with two attached hydrogens (primary N) is 1. The third-order valence-electron chi connectivity index (χ3n) is 4.10. The topological polar surface area (TPSA) is 32.5 Å². The number of likely N-dealkylation sites (tertiary alicyclic amines) is 1. The van der Waals surface area contributed by atoms with E-state index in [1.165, 1.54) is 27.1 Å². The second kappa shape index (κ2) is 6.68. The minimum Gasteiger partial charge on any atom is -0.329 e. The molecule has 0 saturated carbocycles. The van der Waals surface area contributed by atoms with Crippen molar-refractivity contribution in [1.29, 1.82) is 0 Å². The Kier molecular flexibility index (Phi) is 5.43. The third kappa shape index (κ3) is 3.58. The molecule has 1 aromatic heterocycles. The average molecular weight is 346 g/mol. The maximum absolute atomic E-state index is 6.03. The predicted molar refractivity (Wildman–Crippen MR) is 86.8 cm³/mol. The van der Waals surface area contributed by atoms with Gasteiger partial charge in [0.15, 0.2) is 0 Å². The highest BCUT2D eigenvalue weighted by atomic mass is 79.9. The van der Waals surface area contributed by atoms with Crippen molar-refractivity contribution in [3.05, 3.63) is 20.3 Å². The Balaban J connectivity index is 2.03. The van der Waals surface area contributed by atoms with Crippen LogP contribution in [-0.2, 0) is 0 Å². The van der Waals surface area contributed by atoms with Crippen molar-refractivity contribution >= 4 is 27.3 Å². The summed E-state index contributed by atoms with van der Waals surface area (Å²) in [4.78, 5) is 7.64. The van der Waals surface area contributed by atoms with Crippen LogP contribution in [0, 0.1) is 6.92 Å². The SMILES string of the molecule is Cc1sc(C(CN)N2CCC(N(C)C)CC2)cc1Br. The monoisotopic (exact) mass is 345 g/mol. The van der Waals surface area contributed by atoms with Crippen LogP contribution < -0.4 is 5.73 Å². The standard InChI is InChI=1S/C14H24BrN3S/c1-10-12(15)8-14(19-10)13(9-16)18-6-4-11(5-7-18)17(2)3/h8,11,13H,4-7,9,16H2,1-3H3. The molecule has 1 fully saturated rings. The van der Waals surface area contributed by atoms with Crippen LogP contribution in [0.1, 0.15) is 28.6 Å². The molecule has 3 nitrogen and oxygen atoms in total. The minimum absolute atomic E-state index is 0.387. The molecule has 2 N–H and O–H groups in total. The Hall–Kier alpha value is 0.0600. The molecule has 108 valence electrons. The summed E-state index contributed by atoms with van der Waals surface area (Å²) in [7, 11) is 4.36. The van der Waals surface area contributed by atoms with Crippen molar-refractivity contribution in [1.82, 2.24) is 9.80 Å². The van der Waals surface area contributed by atoms with Crippen LogP contribution >= 0.6 is 27.3 Å². The first-order chi connectivity index (χ1) is 9.02. The molecule has 1 aromatic rings. The van der Waals surface area contributed by atoms with E-state index in [2.05, 4.69) is 52.8 Å². The third-order valence-corrected chi connectivity index (χ3v) is 6.34. The van der Waals surface area contributed by atoms with Gasteiger partial charge in [0.2, 0.25) is 0 Å². The van der Waals surface area contributed by atoms with Crippen LogP contribution in [0.3, 0.4) is 0 Å². The molecule has 19 heavy (non-hydrogen) atoms. The van der Waals surface area contributed by atoms with Gasteiger partial charge < -0.3 is 10.6 Å². The summed E-state index contributed by atoms with van der Waals surface area (Å²) in [6, 6.07) is 3.36. The Morgan fingerprint density at radius 1 is 1.47 bits per heavy atom. The zero-order valence-electron chi connectivity index (χ0n) is 12.0. The molecule has 2 rings (SSSR count). The molecule has 0 aromatic carbocycles. The first-order valence-corrected chi connectivity index (χ1v) is 8.50. The summed E-state index contributed by atoms with van der Waals surface area (Å²) >= 11 is 5.48. The molecule has 2 heterocycles. The number of aryl methyl sites for hydroxylation is 1. The van der Waals surface area contributed by atoms with Crippen LogP contribution in [-0.4, -0.2) is 49.6 Å². The zero-order chi connectivity index (χ0) is 14.0. The summed E-state index contributed by atoms with van der Waals surface area (Å²) in [6.45, 7) is 5.17. The van der Waals surface area contributed by atoms with Crippen LogP contribution in [0.4, 0.5) is 0 Å². The zero-order valence-corrected chi connectivity index (χ0v) is 14.4. The van der Waals surface area contributed by atoms with Gasteiger partial charge >= 0.3 is 0 Å². The molecule has 5 heteroatoms. The lowest BCUT2D eigenvalue weighted by Crippen LogP contribution is -2.44. The largest absolute Gasteiger partial charge is 0.329 e. The van der Waals surface area contributed by atoms with Crippen LogP contribution in [0.15, 0.2) is 10.5 Å². The Bertz CT molecular complexity index is 391. The van der Waals surface area contributed by atoms with Crippen LogP contribution in [0.25, 0.3) is 0 Å². The highest BCUT2D eigenvalue weighted by Gasteiger charge is 2.27. The normalized spacial score (nSPS) is 20.1. The van der Waals surface area contributed by atoms with E-state index in [0.29, 0.717) is 12.6 Å². The number of rotatable bonds is 4. The molecule has 0 aliphatic carbocycles. The van der Waals surface area contributed by atoms with Crippen molar-refractivity contribution in [2.45, 2.75) is 31.8 Å². The first kappa shape index (κ1) is 15.4. The van der Waals surface area contributed by atoms with Crippen molar-refractivity contribution in [3.8, 4) is 0 Å². The van der Waals surface area contributed by atoms with Gasteiger partial charge in [0.25, 0.3) is 0 Å². The molecule has 0 bridgehead atoms. The van der Waals surface area contributed by atoms with E-state index in [4.69, 9.17) is 5.73 Å². The van der Waals surface area contributed by atoms with Crippen molar-refractivity contribution in [3.63, 3.8) is 0 Å². The van der Waals surface area contributed by atoms with Gasteiger partial charge in [0.1, 0.15) is 0 Å². The van der Waals surface area contributed by atoms with Gasteiger partial charge in [-0.3, -0.25) is 4.90 Å². The summed E-state index contributed by atoms with van der Waals surface area (Å²) in [5.41, 5.74) is 6.03. The predicted octanol–water partition coefficient (Wildman–Crippen LogP) is 2.84. The van der Waals surface area contributed by atoms with Crippen molar-refractivity contribution in [2.75, 3.05) is 33.7 Å². The van der Waals surface area contributed by atoms with Gasteiger partial charge in [-0.15, -0.1) is 11.3 Å². The molecule has 0 amide bonds. The van der Waals surface area contributed by atoms with Gasteiger partial charge in [0, 0.05) is 39.9 Å². The molecule has 1 aliphatic heterocycles. The highest BCUT2D eigenvalue weighted by Crippen LogP contribution is 2.34. The lowest BCUT2D eigenvalue weighted by molar-refractivity contribution is 0.112. The maximum Gasteiger partial charge on any atom is 0.0564 e. The Morgan fingerprint density at radius 2 is 2.11 bits per heavy atom. The number of nitrogens with zero attached hydrogens (tertiary/aromatic N) is 2. The van der Waals surface area contributed by atoms with Crippen molar-refractivity contribution < 1.29 is 0 Å². The Labute approximate surface area is 128 Å². The fourth-order valence-electron chi connectivity index (χ4n) is 2.80. The van der Waals surface area contributed by atoms with E-state index >= 15 is 0 Å². The maximum atomic E-state index is 6.03. The number of piperidine rings is 1. The average Bonchev–Trinajstić information content (AvgIpc) is 2.71. The van der Waals surface area contributed by atoms with E-state index in [-0.39, 0.29) is 0 Å². The van der Waals surface area contributed by atoms with E-state index in [1.807, 2.05) is 11.3 Å². The van der Waals surface area contributed by atoms with E-state index in [0.717, 1.165) is 19.1 Å². The number of hydrogen-bond donors (Lipinski definition) is 1. The van der Waals surface area contributed by atoms with E-state index in [1.54, 1.807) is 0 Å². The van der Waals surface area contributed by atoms with Crippen LogP contribution in [0.5, 0.6) is 0 Å². The van der Waals surface area contributed by atoms with Gasteiger partial charge in [-0.1, -0.05) is 0 Å². The minimum atomic E-state index is 0.387. The molecular weight excluding hydrogens is 322 g/mol. The van der Waals surface area contributed by atoms with E-state index < -0.39 is 0 Å². The fourth-order valence-corrected chi connectivity index (χ4v) is 4.51. The lowest BCUT2D eigenvalue weighted by Gasteiger charge is -2.38. The smallest absolute Gasteiger partial charge is 0.0564 e. The second-order valence-corrected chi connectivity index (χ2v) is 7.68. The molecule has 0 radical (unpaired) electrons. The molecular formula is C14H24BrN3S. The summed E-state index contributed by atoms with van der Waals surface area (Å²) in [5, 5.41) is 0.